The predicted octanol–water partition coefficient (Wildman–Crippen LogP) is 3.56. The van der Waals surface area contributed by atoms with Crippen molar-refractivity contribution in [3.05, 3.63) is 78.3 Å². The molecule has 1 heterocycles. The van der Waals surface area contributed by atoms with Crippen LogP contribution in [0, 0.1) is 0 Å². The van der Waals surface area contributed by atoms with Gasteiger partial charge in [-0.2, -0.15) is 0 Å². The maximum atomic E-state index is 13.2. The Morgan fingerprint density at radius 3 is 2.13 bits per heavy atom. The van der Waals surface area contributed by atoms with Crippen LogP contribution in [0.5, 0.6) is 11.5 Å². The van der Waals surface area contributed by atoms with Crippen molar-refractivity contribution < 1.29 is 27.1 Å². The number of nitrogens with one attached hydrogen (secondary N) is 1. The van der Waals surface area contributed by atoms with Gasteiger partial charge in [-0.05, 0) is 60.5 Å². The van der Waals surface area contributed by atoms with E-state index in [0.29, 0.717) is 12.2 Å². The summed E-state index contributed by atoms with van der Waals surface area (Å²) in [7, 11) is -0.692. The zero-order valence-electron chi connectivity index (χ0n) is 17.4. The highest BCUT2D eigenvalue weighted by molar-refractivity contribution is 7.91. The van der Waals surface area contributed by atoms with Gasteiger partial charge in [-0.25, -0.2) is 8.42 Å². The number of rotatable bonds is 10. The molecule has 0 aliphatic heterocycles. The van der Waals surface area contributed by atoms with Gasteiger partial charge < -0.3 is 19.2 Å². The van der Waals surface area contributed by atoms with E-state index in [2.05, 4.69) is 5.32 Å². The highest BCUT2D eigenvalue weighted by atomic mass is 32.2. The van der Waals surface area contributed by atoms with E-state index in [9.17, 15) is 13.2 Å². The fourth-order valence-electron chi connectivity index (χ4n) is 3.11. The van der Waals surface area contributed by atoms with Crippen LogP contribution < -0.4 is 14.8 Å². The Balaban J connectivity index is 1.67. The molecule has 1 atom stereocenters. The molecule has 1 N–H and O–H groups in total. The van der Waals surface area contributed by atoms with Crippen molar-refractivity contribution in [1.82, 2.24) is 5.32 Å². The predicted molar refractivity (Wildman–Crippen MR) is 116 cm³/mol. The van der Waals surface area contributed by atoms with Gasteiger partial charge in [0.15, 0.2) is 9.84 Å². The highest BCUT2D eigenvalue weighted by Gasteiger charge is 2.31. The SMILES string of the molecule is COc1ccc(CCC(=O)NC[C@@H](c2ccco2)S(=O)(=O)c2ccc(OC)cc2)cc1. The maximum Gasteiger partial charge on any atom is 0.220 e. The number of ether oxygens (including phenoxy) is 2. The monoisotopic (exact) mass is 443 g/mol. The number of benzene rings is 2. The minimum atomic E-state index is -3.80. The summed E-state index contributed by atoms with van der Waals surface area (Å²) in [6.07, 6.45) is 2.18. The Bertz CT molecular complexity index is 1070. The molecular weight excluding hydrogens is 418 g/mol. The fourth-order valence-corrected chi connectivity index (χ4v) is 4.70. The van der Waals surface area contributed by atoms with Crippen molar-refractivity contribution >= 4 is 15.7 Å². The maximum absolute atomic E-state index is 13.2. The number of carbonyl (C=O) groups is 1. The van der Waals surface area contributed by atoms with Crippen molar-refractivity contribution in [2.75, 3.05) is 20.8 Å². The molecule has 31 heavy (non-hydrogen) atoms. The Labute approximate surface area is 181 Å². The first-order valence-corrected chi connectivity index (χ1v) is 11.3. The molecule has 0 saturated carbocycles. The van der Waals surface area contributed by atoms with E-state index in [4.69, 9.17) is 13.9 Å². The third kappa shape index (κ3) is 5.67. The lowest BCUT2D eigenvalue weighted by molar-refractivity contribution is -0.121. The summed E-state index contributed by atoms with van der Waals surface area (Å²) in [4.78, 5) is 12.5. The molecule has 1 amide bonds. The number of hydrogen-bond donors (Lipinski definition) is 1. The average molecular weight is 444 g/mol. The van der Waals surface area contributed by atoms with Gasteiger partial charge in [0, 0.05) is 13.0 Å². The largest absolute Gasteiger partial charge is 0.497 e. The molecule has 0 aliphatic carbocycles. The quantitative estimate of drug-likeness (QED) is 0.515. The molecular formula is C23H25NO6S. The van der Waals surface area contributed by atoms with Gasteiger partial charge in [-0.15, -0.1) is 0 Å². The van der Waals surface area contributed by atoms with Crippen LogP contribution in [0.15, 0.2) is 76.2 Å². The zero-order valence-corrected chi connectivity index (χ0v) is 18.2. The summed E-state index contributed by atoms with van der Waals surface area (Å²) in [5, 5.41) is 1.69. The minimum Gasteiger partial charge on any atom is -0.497 e. The molecule has 3 rings (SSSR count). The molecule has 0 fully saturated rings. The van der Waals surface area contributed by atoms with Gasteiger partial charge in [0.2, 0.25) is 5.91 Å². The number of carbonyl (C=O) groups excluding carboxylic acids is 1. The van der Waals surface area contributed by atoms with Gasteiger partial charge in [-0.1, -0.05) is 12.1 Å². The summed E-state index contributed by atoms with van der Waals surface area (Å²) in [5.74, 6) is 1.34. The van der Waals surface area contributed by atoms with Gasteiger partial charge in [0.25, 0.3) is 0 Å². The third-order valence-electron chi connectivity index (χ3n) is 4.91. The van der Waals surface area contributed by atoms with Crippen molar-refractivity contribution in [2.24, 2.45) is 0 Å². The first-order valence-electron chi connectivity index (χ1n) is 9.75. The molecule has 2 aromatic carbocycles. The minimum absolute atomic E-state index is 0.0939. The molecule has 0 saturated heterocycles. The number of hydrogen-bond acceptors (Lipinski definition) is 6. The van der Waals surface area contributed by atoms with E-state index < -0.39 is 15.1 Å². The first kappa shape index (κ1) is 22.4. The van der Waals surface area contributed by atoms with Gasteiger partial charge in [0.1, 0.15) is 22.5 Å². The number of furan rings is 1. The lowest BCUT2D eigenvalue weighted by Crippen LogP contribution is -2.32. The molecule has 1 aromatic heterocycles. The van der Waals surface area contributed by atoms with E-state index in [0.717, 1.165) is 11.3 Å². The molecule has 0 spiro atoms. The summed E-state index contributed by atoms with van der Waals surface area (Å²) in [6, 6.07) is 16.8. The lowest BCUT2D eigenvalue weighted by Gasteiger charge is -2.17. The Kier molecular flexibility index (Phi) is 7.36. The smallest absolute Gasteiger partial charge is 0.220 e. The molecule has 0 aliphatic rings. The fraction of sp³-hybridized carbons (Fsp3) is 0.261. The lowest BCUT2D eigenvalue weighted by atomic mass is 10.1. The molecule has 7 nitrogen and oxygen atoms in total. The van der Waals surface area contributed by atoms with Crippen LogP contribution >= 0.6 is 0 Å². The normalized spacial score (nSPS) is 12.2. The summed E-state index contributed by atoms with van der Waals surface area (Å²) in [6.45, 7) is -0.0939. The second-order valence-electron chi connectivity index (χ2n) is 6.88. The van der Waals surface area contributed by atoms with Crippen LogP contribution in [-0.2, 0) is 21.1 Å². The van der Waals surface area contributed by atoms with Crippen molar-refractivity contribution in [3.63, 3.8) is 0 Å². The van der Waals surface area contributed by atoms with E-state index in [1.807, 2.05) is 24.3 Å². The summed E-state index contributed by atoms with van der Waals surface area (Å²) < 4.78 is 42.0. The highest BCUT2D eigenvalue weighted by Crippen LogP contribution is 2.30. The average Bonchev–Trinajstić information content (AvgIpc) is 3.32. The topological polar surface area (TPSA) is 94.8 Å². The van der Waals surface area contributed by atoms with Crippen LogP contribution in [0.4, 0.5) is 0 Å². The Morgan fingerprint density at radius 2 is 1.58 bits per heavy atom. The van der Waals surface area contributed by atoms with Crippen molar-refractivity contribution in [3.8, 4) is 11.5 Å². The van der Waals surface area contributed by atoms with Crippen molar-refractivity contribution in [2.45, 2.75) is 23.0 Å². The standard InChI is InChI=1S/C23H25NO6S/c1-28-18-8-5-17(6-9-18)7-14-23(25)24-16-22(21-4-3-15-30-21)31(26,27)20-12-10-19(29-2)11-13-20/h3-6,8-13,15,22H,7,14,16H2,1-2H3,(H,24,25)/t22-/m0/s1. The number of amides is 1. The molecule has 8 heteroatoms. The van der Waals surface area contributed by atoms with Crippen LogP contribution in [0.1, 0.15) is 23.0 Å². The van der Waals surface area contributed by atoms with Crippen LogP contribution in [-0.4, -0.2) is 35.1 Å². The Morgan fingerprint density at radius 1 is 0.968 bits per heavy atom. The van der Waals surface area contributed by atoms with E-state index in [-0.39, 0.29) is 29.5 Å². The Hall–Kier alpha value is -3.26. The van der Waals surface area contributed by atoms with Gasteiger partial charge in [0.05, 0.1) is 25.4 Å². The summed E-state index contributed by atoms with van der Waals surface area (Å²) >= 11 is 0. The molecule has 0 bridgehead atoms. The van der Waals surface area contributed by atoms with Crippen LogP contribution in [0.2, 0.25) is 0 Å². The number of sulfone groups is 1. The number of aryl methyl sites for hydroxylation is 1. The van der Waals surface area contributed by atoms with Crippen molar-refractivity contribution in [1.29, 1.82) is 0 Å². The molecule has 0 unspecified atom stereocenters. The van der Waals surface area contributed by atoms with Crippen LogP contribution in [0.25, 0.3) is 0 Å². The second-order valence-corrected chi connectivity index (χ2v) is 9.01. The van der Waals surface area contributed by atoms with Crippen LogP contribution in [0.3, 0.4) is 0 Å². The van der Waals surface area contributed by atoms with Gasteiger partial charge >= 0.3 is 0 Å². The summed E-state index contributed by atoms with van der Waals surface area (Å²) in [5.41, 5.74) is 0.990. The first-order chi connectivity index (χ1) is 14.9. The third-order valence-corrected chi connectivity index (χ3v) is 6.98. The van der Waals surface area contributed by atoms with Gasteiger partial charge in [-0.3, -0.25) is 4.79 Å². The van der Waals surface area contributed by atoms with E-state index >= 15 is 0 Å². The number of methoxy groups -OCH3 is 2. The molecule has 3 aromatic rings. The molecule has 164 valence electrons. The van der Waals surface area contributed by atoms with E-state index in [1.165, 1.54) is 25.5 Å². The molecule has 0 radical (unpaired) electrons. The van der Waals surface area contributed by atoms with E-state index in [1.54, 1.807) is 31.4 Å². The zero-order chi connectivity index (χ0) is 22.3. The second kappa shape index (κ2) is 10.2.